The number of carbonyl (C=O) groups is 1. The average molecular weight is 338 g/mol. The molecule has 0 saturated carbocycles. The van der Waals surface area contributed by atoms with Gasteiger partial charge in [0.15, 0.2) is 11.4 Å². The molecule has 1 unspecified atom stereocenters. The minimum absolute atomic E-state index is 0.398. The molecular formula is C15H16ClN3O2S. The summed E-state index contributed by atoms with van der Waals surface area (Å²) in [6.45, 7) is 1.85. The summed E-state index contributed by atoms with van der Waals surface area (Å²) in [6.07, 6.45) is 2.26. The number of halogens is 1. The lowest BCUT2D eigenvalue weighted by Crippen LogP contribution is -2.43. The van der Waals surface area contributed by atoms with Gasteiger partial charge in [0.2, 0.25) is 0 Å². The number of aromatic nitrogens is 2. The monoisotopic (exact) mass is 337 g/mol. The molecule has 1 aliphatic rings. The summed E-state index contributed by atoms with van der Waals surface area (Å²) < 4.78 is 1.63. The Morgan fingerprint density at radius 2 is 2.27 bits per heavy atom. The van der Waals surface area contributed by atoms with Gasteiger partial charge in [-0.15, -0.1) is 5.10 Å². The molecule has 116 valence electrons. The largest absolute Gasteiger partial charge is 0.379 e. The highest BCUT2D eigenvalue weighted by molar-refractivity contribution is 7.99. The summed E-state index contributed by atoms with van der Waals surface area (Å²) >= 11 is 7.74. The van der Waals surface area contributed by atoms with Crippen molar-refractivity contribution in [3.63, 3.8) is 0 Å². The van der Waals surface area contributed by atoms with Crippen LogP contribution in [-0.4, -0.2) is 37.9 Å². The van der Waals surface area contributed by atoms with E-state index in [1.807, 2.05) is 25.1 Å². The van der Waals surface area contributed by atoms with Gasteiger partial charge in [-0.3, -0.25) is 4.79 Å². The molecule has 2 N–H and O–H groups in total. The highest BCUT2D eigenvalue weighted by Gasteiger charge is 2.39. The Kier molecular flexibility index (Phi) is 4.16. The first-order valence-electron chi connectivity index (χ1n) is 6.92. The van der Waals surface area contributed by atoms with E-state index in [1.54, 1.807) is 28.7 Å². The summed E-state index contributed by atoms with van der Waals surface area (Å²) in [7, 11) is 0. The zero-order valence-electron chi connectivity index (χ0n) is 12.0. The van der Waals surface area contributed by atoms with E-state index in [9.17, 15) is 9.90 Å². The van der Waals surface area contributed by atoms with Gasteiger partial charge in [-0.05, 0) is 31.2 Å². The zero-order valence-corrected chi connectivity index (χ0v) is 13.6. The summed E-state index contributed by atoms with van der Waals surface area (Å²) in [5.74, 6) is 1.25. The Balaban J connectivity index is 1.84. The summed E-state index contributed by atoms with van der Waals surface area (Å²) in [6, 6.07) is 7.35. The fourth-order valence-corrected chi connectivity index (χ4v) is 3.76. The number of carbonyl (C=O) groups excluding carboxylic acids is 1. The number of anilines is 1. The number of benzene rings is 1. The Labute approximate surface area is 137 Å². The van der Waals surface area contributed by atoms with Crippen LogP contribution < -0.4 is 5.32 Å². The summed E-state index contributed by atoms with van der Waals surface area (Å²) in [5.41, 5.74) is 0.246. The van der Waals surface area contributed by atoms with Crippen molar-refractivity contribution in [3.8, 4) is 5.69 Å². The van der Waals surface area contributed by atoms with Gasteiger partial charge >= 0.3 is 0 Å². The van der Waals surface area contributed by atoms with Crippen LogP contribution in [0.3, 0.4) is 0 Å². The van der Waals surface area contributed by atoms with Gasteiger partial charge in [0.1, 0.15) is 0 Å². The quantitative estimate of drug-likeness (QED) is 0.903. The van der Waals surface area contributed by atoms with Crippen LogP contribution >= 0.6 is 23.4 Å². The van der Waals surface area contributed by atoms with Crippen LogP contribution in [0.1, 0.15) is 12.0 Å². The lowest BCUT2D eigenvalue weighted by Gasteiger charge is -2.19. The number of hydrogen-bond acceptors (Lipinski definition) is 4. The van der Waals surface area contributed by atoms with Gasteiger partial charge in [-0.25, -0.2) is 4.68 Å². The molecule has 1 atom stereocenters. The highest BCUT2D eigenvalue weighted by atomic mass is 35.5. The van der Waals surface area contributed by atoms with E-state index in [0.717, 1.165) is 17.0 Å². The molecule has 0 bridgehead atoms. The van der Waals surface area contributed by atoms with Crippen molar-refractivity contribution in [1.29, 1.82) is 0 Å². The standard InChI is InChI=1S/C15H16ClN3O2S/c1-10-8-19(12-5-3-2-4-11(12)16)18-13(10)17-14(20)15(21)6-7-22-9-15/h2-5,8,21H,6-7,9H2,1H3,(H,17,18,20). The molecule has 1 aromatic carbocycles. The van der Waals surface area contributed by atoms with Crippen molar-refractivity contribution in [2.24, 2.45) is 0 Å². The molecule has 7 heteroatoms. The van der Waals surface area contributed by atoms with E-state index in [-0.39, 0.29) is 0 Å². The Bertz CT molecular complexity index is 711. The van der Waals surface area contributed by atoms with Crippen molar-refractivity contribution in [2.75, 3.05) is 16.8 Å². The Hall–Kier alpha value is -1.50. The third-order valence-electron chi connectivity index (χ3n) is 3.65. The van der Waals surface area contributed by atoms with Crippen molar-refractivity contribution < 1.29 is 9.90 Å². The molecule has 2 aromatic rings. The van der Waals surface area contributed by atoms with Crippen LogP contribution in [0.15, 0.2) is 30.5 Å². The number of rotatable bonds is 3. The van der Waals surface area contributed by atoms with Crippen LogP contribution in [0.25, 0.3) is 5.69 Å². The number of aryl methyl sites for hydroxylation is 1. The topological polar surface area (TPSA) is 67.2 Å². The van der Waals surface area contributed by atoms with Gasteiger partial charge in [-0.2, -0.15) is 11.8 Å². The van der Waals surface area contributed by atoms with Crippen LogP contribution in [-0.2, 0) is 4.79 Å². The second-order valence-electron chi connectivity index (χ2n) is 5.34. The normalized spacial score (nSPS) is 21.0. The number of para-hydroxylation sites is 1. The van der Waals surface area contributed by atoms with E-state index >= 15 is 0 Å². The van der Waals surface area contributed by atoms with Gasteiger partial charge in [0.05, 0.1) is 10.7 Å². The van der Waals surface area contributed by atoms with Gasteiger partial charge in [-0.1, -0.05) is 23.7 Å². The van der Waals surface area contributed by atoms with Crippen molar-refractivity contribution in [3.05, 3.63) is 41.0 Å². The van der Waals surface area contributed by atoms with Gasteiger partial charge in [0.25, 0.3) is 5.91 Å². The Morgan fingerprint density at radius 1 is 1.50 bits per heavy atom. The minimum Gasteiger partial charge on any atom is -0.379 e. The maximum absolute atomic E-state index is 12.3. The first kappa shape index (κ1) is 15.4. The van der Waals surface area contributed by atoms with Crippen LogP contribution in [0.4, 0.5) is 5.82 Å². The molecular weight excluding hydrogens is 322 g/mol. The van der Waals surface area contributed by atoms with Crippen LogP contribution in [0, 0.1) is 6.92 Å². The highest BCUT2D eigenvalue weighted by Crippen LogP contribution is 2.29. The maximum atomic E-state index is 12.3. The molecule has 1 amide bonds. The molecule has 0 radical (unpaired) electrons. The second-order valence-corrected chi connectivity index (χ2v) is 6.86. The number of hydrogen-bond donors (Lipinski definition) is 2. The van der Waals surface area contributed by atoms with Crippen molar-refractivity contribution >= 4 is 35.1 Å². The minimum atomic E-state index is -1.30. The van der Waals surface area contributed by atoms with Crippen molar-refractivity contribution in [1.82, 2.24) is 9.78 Å². The Morgan fingerprint density at radius 3 is 2.95 bits per heavy atom. The first-order chi connectivity index (χ1) is 10.5. The number of nitrogens with one attached hydrogen (secondary N) is 1. The van der Waals surface area contributed by atoms with E-state index in [2.05, 4.69) is 10.4 Å². The molecule has 3 rings (SSSR count). The fourth-order valence-electron chi connectivity index (χ4n) is 2.30. The molecule has 1 fully saturated rings. The molecule has 1 saturated heterocycles. The number of nitrogens with zero attached hydrogens (tertiary/aromatic N) is 2. The van der Waals surface area contributed by atoms with E-state index in [4.69, 9.17) is 11.6 Å². The second kappa shape index (κ2) is 5.95. The molecule has 0 spiro atoms. The molecule has 1 aromatic heterocycles. The molecule has 22 heavy (non-hydrogen) atoms. The smallest absolute Gasteiger partial charge is 0.258 e. The lowest BCUT2D eigenvalue weighted by molar-refractivity contribution is -0.131. The average Bonchev–Trinajstić information content (AvgIpc) is 3.08. The summed E-state index contributed by atoms with van der Waals surface area (Å²) in [5, 5.41) is 18.0. The maximum Gasteiger partial charge on any atom is 0.258 e. The summed E-state index contributed by atoms with van der Waals surface area (Å²) in [4.78, 5) is 12.3. The van der Waals surface area contributed by atoms with Gasteiger partial charge in [0, 0.05) is 17.5 Å². The van der Waals surface area contributed by atoms with Crippen LogP contribution in [0.2, 0.25) is 5.02 Å². The number of amides is 1. The molecule has 2 heterocycles. The predicted octanol–water partition coefficient (Wildman–Crippen LogP) is 2.64. The van der Waals surface area contributed by atoms with E-state index in [0.29, 0.717) is 23.0 Å². The van der Waals surface area contributed by atoms with E-state index < -0.39 is 11.5 Å². The number of thioether (sulfide) groups is 1. The van der Waals surface area contributed by atoms with E-state index in [1.165, 1.54) is 0 Å². The lowest BCUT2D eigenvalue weighted by atomic mass is 10.0. The SMILES string of the molecule is Cc1cn(-c2ccccc2Cl)nc1NC(=O)C1(O)CCSC1. The van der Waals surface area contributed by atoms with Crippen molar-refractivity contribution in [2.45, 2.75) is 18.9 Å². The third-order valence-corrected chi connectivity index (χ3v) is 5.15. The molecule has 5 nitrogen and oxygen atoms in total. The predicted molar refractivity (Wildman–Crippen MR) is 88.8 cm³/mol. The molecule has 0 aliphatic carbocycles. The third kappa shape index (κ3) is 2.86. The first-order valence-corrected chi connectivity index (χ1v) is 8.46. The zero-order chi connectivity index (χ0) is 15.7. The van der Waals surface area contributed by atoms with Gasteiger partial charge < -0.3 is 10.4 Å². The van der Waals surface area contributed by atoms with Crippen LogP contribution in [0.5, 0.6) is 0 Å². The fraction of sp³-hybridized carbons (Fsp3) is 0.333. The number of aliphatic hydroxyl groups is 1. The molecule has 1 aliphatic heterocycles.